The highest BCUT2D eigenvalue weighted by molar-refractivity contribution is 6.25. The van der Waals surface area contributed by atoms with E-state index < -0.39 is 17.2 Å². The topological polar surface area (TPSA) is 55.8 Å². The quantitative estimate of drug-likeness (QED) is 0.586. The number of ether oxygens (including phenoxy) is 2. The molecule has 0 unspecified atom stereocenters. The van der Waals surface area contributed by atoms with Crippen molar-refractivity contribution in [3.63, 3.8) is 0 Å². The van der Waals surface area contributed by atoms with E-state index >= 15 is 0 Å². The summed E-state index contributed by atoms with van der Waals surface area (Å²) < 4.78 is 10.8. The predicted octanol–water partition coefficient (Wildman–Crippen LogP) is 3.52. The average molecular weight is 372 g/mol. The zero-order chi connectivity index (χ0) is 17.2. The van der Waals surface area contributed by atoms with Gasteiger partial charge in [-0.15, -0.1) is 11.6 Å². The Kier molecular flexibility index (Phi) is 5.21. The Morgan fingerprint density at radius 3 is 2.83 bits per heavy atom. The molecule has 0 saturated carbocycles. The van der Waals surface area contributed by atoms with Crippen LogP contribution in [-0.2, 0) is 20.9 Å². The maximum atomic E-state index is 12.5. The maximum absolute atomic E-state index is 12.5. The van der Waals surface area contributed by atoms with Gasteiger partial charge in [0, 0.05) is 18.8 Å². The molecule has 2 heterocycles. The molecule has 2 saturated heterocycles. The minimum absolute atomic E-state index is 0.180. The van der Waals surface area contributed by atoms with Crippen molar-refractivity contribution in [2.45, 2.75) is 37.0 Å². The highest BCUT2D eigenvalue weighted by atomic mass is 35.5. The molecule has 2 aliphatic heterocycles. The van der Waals surface area contributed by atoms with E-state index in [0.717, 1.165) is 5.56 Å². The number of hydrogen-bond donors (Lipinski definition) is 0. The molecule has 3 atom stereocenters. The Bertz CT molecular complexity index is 612. The lowest BCUT2D eigenvalue weighted by Crippen LogP contribution is -2.48. The Morgan fingerprint density at radius 2 is 2.12 bits per heavy atom. The summed E-state index contributed by atoms with van der Waals surface area (Å²) in [6.07, 6.45) is 1.09. The van der Waals surface area contributed by atoms with Crippen molar-refractivity contribution in [1.82, 2.24) is 4.90 Å². The Labute approximate surface area is 150 Å². The van der Waals surface area contributed by atoms with Gasteiger partial charge in [-0.25, -0.2) is 4.79 Å². The summed E-state index contributed by atoms with van der Waals surface area (Å²) in [6.45, 7) is 0.618. The van der Waals surface area contributed by atoms with E-state index in [1.165, 1.54) is 4.90 Å². The zero-order valence-electron chi connectivity index (χ0n) is 13.1. The van der Waals surface area contributed by atoms with Gasteiger partial charge in [0.25, 0.3) is 0 Å². The number of carbonyl (C=O) groups excluding carboxylic acids is 2. The van der Waals surface area contributed by atoms with Crippen LogP contribution < -0.4 is 0 Å². The molecule has 5 nitrogen and oxygen atoms in total. The number of hydrogen-bond acceptors (Lipinski definition) is 4. The lowest BCUT2D eigenvalue weighted by molar-refractivity contribution is -0.147. The van der Waals surface area contributed by atoms with Gasteiger partial charge in [0.05, 0.1) is 5.92 Å². The average Bonchev–Trinajstić information content (AvgIpc) is 3.13. The van der Waals surface area contributed by atoms with E-state index in [9.17, 15) is 9.59 Å². The van der Waals surface area contributed by atoms with Gasteiger partial charge in [-0.05, 0) is 18.4 Å². The summed E-state index contributed by atoms with van der Waals surface area (Å²) >= 11 is 12.3. The number of alkyl halides is 2. The third-order valence-electron chi connectivity index (χ3n) is 4.50. The number of likely N-dealkylation sites (tertiary alicyclic amines) is 1. The number of halogens is 2. The van der Waals surface area contributed by atoms with Crippen LogP contribution in [0.1, 0.15) is 24.8 Å². The van der Waals surface area contributed by atoms with Crippen LogP contribution in [-0.4, -0.2) is 40.5 Å². The number of benzene rings is 1. The third kappa shape index (κ3) is 3.33. The van der Waals surface area contributed by atoms with Gasteiger partial charge in [-0.2, -0.15) is 0 Å². The van der Waals surface area contributed by atoms with Gasteiger partial charge in [-0.1, -0.05) is 41.9 Å². The first-order valence-electron chi connectivity index (χ1n) is 8.00. The molecule has 2 aliphatic rings. The van der Waals surface area contributed by atoms with Gasteiger partial charge in [0.1, 0.15) is 12.6 Å². The Balaban J connectivity index is 1.68. The normalized spacial score (nSPS) is 28.6. The van der Waals surface area contributed by atoms with Crippen molar-refractivity contribution < 1.29 is 19.1 Å². The fraction of sp³-hybridized carbons (Fsp3) is 0.529. The third-order valence-corrected chi connectivity index (χ3v) is 5.26. The fourth-order valence-corrected chi connectivity index (χ4v) is 4.00. The first-order chi connectivity index (χ1) is 11.5. The number of esters is 1. The van der Waals surface area contributed by atoms with Gasteiger partial charge in [0.15, 0.2) is 0 Å². The van der Waals surface area contributed by atoms with E-state index in [0.29, 0.717) is 31.7 Å². The largest absolute Gasteiger partial charge is 0.445 e. The second-order valence-electron chi connectivity index (χ2n) is 6.07. The van der Waals surface area contributed by atoms with Gasteiger partial charge in [0.2, 0.25) is 5.06 Å². The van der Waals surface area contributed by atoms with Crippen LogP contribution in [0.2, 0.25) is 0 Å². The van der Waals surface area contributed by atoms with Crippen LogP contribution in [0.15, 0.2) is 30.3 Å². The van der Waals surface area contributed by atoms with Crippen molar-refractivity contribution in [3.05, 3.63) is 35.9 Å². The number of rotatable bonds is 5. The maximum Gasteiger partial charge on any atom is 0.410 e. The highest BCUT2D eigenvalue weighted by Crippen LogP contribution is 2.46. The lowest BCUT2D eigenvalue weighted by atomic mass is 9.96. The van der Waals surface area contributed by atoms with Crippen molar-refractivity contribution in [2.75, 3.05) is 12.4 Å². The van der Waals surface area contributed by atoms with Crippen LogP contribution in [0.25, 0.3) is 0 Å². The van der Waals surface area contributed by atoms with Crippen molar-refractivity contribution in [1.29, 1.82) is 0 Å². The number of carbonyl (C=O) groups is 2. The first kappa shape index (κ1) is 17.4. The molecule has 7 heteroatoms. The second-order valence-corrected chi connectivity index (χ2v) is 7.09. The summed E-state index contributed by atoms with van der Waals surface area (Å²) in [6, 6.07) is 8.93. The number of cyclic esters (lactones) is 1. The summed E-state index contributed by atoms with van der Waals surface area (Å²) in [5, 5.41) is -1.21. The van der Waals surface area contributed by atoms with Crippen LogP contribution in [0.3, 0.4) is 0 Å². The van der Waals surface area contributed by atoms with Crippen LogP contribution in [0.4, 0.5) is 4.79 Å². The molecule has 2 fully saturated rings. The molecule has 0 aromatic heterocycles. The standard InChI is InChI=1S/C17H19Cl2NO4/c18-9-4-8-17(19)14-13(15(21)24-17)7-10-20(14)16(22)23-11-12-5-2-1-3-6-12/h1-3,5-6,13-14H,4,7-11H2/t13-,14+,17+/m1/s1. The smallest absolute Gasteiger partial charge is 0.410 e. The Hall–Kier alpha value is -1.46. The molecule has 0 aliphatic carbocycles. The molecule has 0 bridgehead atoms. The summed E-state index contributed by atoms with van der Waals surface area (Å²) in [5.74, 6) is -0.313. The monoisotopic (exact) mass is 371 g/mol. The fourth-order valence-electron chi connectivity index (χ4n) is 3.39. The molecular weight excluding hydrogens is 353 g/mol. The van der Waals surface area contributed by atoms with E-state index in [1.807, 2.05) is 30.3 Å². The first-order valence-corrected chi connectivity index (χ1v) is 8.91. The molecule has 0 spiro atoms. The summed E-state index contributed by atoms with van der Waals surface area (Å²) in [5.41, 5.74) is 0.902. The van der Waals surface area contributed by atoms with E-state index in [1.54, 1.807) is 0 Å². The molecule has 1 aromatic rings. The number of fused-ring (bicyclic) bond motifs is 1. The zero-order valence-corrected chi connectivity index (χ0v) is 14.6. The van der Waals surface area contributed by atoms with Crippen LogP contribution >= 0.6 is 23.2 Å². The molecule has 1 aromatic carbocycles. The molecule has 24 heavy (non-hydrogen) atoms. The molecule has 0 N–H and O–H groups in total. The Morgan fingerprint density at radius 1 is 1.38 bits per heavy atom. The molecule has 0 radical (unpaired) electrons. The van der Waals surface area contributed by atoms with Crippen LogP contribution in [0.5, 0.6) is 0 Å². The second kappa shape index (κ2) is 7.19. The summed E-state index contributed by atoms with van der Waals surface area (Å²) in [4.78, 5) is 26.1. The lowest BCUT2D eigenvalue weighted by Gasteiger charge is -2.32. The van der Waals surface area contributed by atoms with Crippen molar-refractivity contribution in [2.24, 2.45) is 5.92 Å². The minimum atomic E-state index is -1.21. The number of amides is 1. The van der Waals surface area contributed by atoms with Crippen molar-refractivity contribution >= 4 is 35.3 Å². The number of nitrogens with zero attached hydrogens (tertiary/aromatic N) is 1. The summed E-state index contributed by atoms with van der Waals surface area (Å²) in [7, 11) is 0. The van der Waals surface area contributed by atoms with E-state index in [-0.39, 0.29) is 18.5 Å². The van der Waals surface area contributed by atoms with Gasteiger partial charge < -0.3 is 9.47 Å². The van der Waals surface area contributed by atoms with Gasteiger partial charge >= 0.3 is 12.1 Å². The molecule has 1 amide bonds. The molecular formula is C17H19Cl2NO4. The van der Waals surface area contributed by atoms with Crippen LogP contribution in [0, 0.1) is 5.92 Å². The van der Waals surface area contributed by atoms with Gasteiger partial charge in [-0.3, -0.25) is 9.69 Å². The van der Waals surface area contributed by atoms with E-state index in [2.05, 4.69) is 0 Å². The van der Waals surface area contributed by atoms with E-state index in [4.69, 9.17) is 32.7 Å². The predicted molar refractivity (Wildman–Crippen MR) is 89.9 cm³/mol. The highest BCUT2D eigenvalue weighted by Gasteiger charge is 2.61. The molecule has 130 valence electrons. The minimum Gasteiger partial charge on any atom is -0.445 e. The molecule has 3 rings (SSSR count). The SMILES string of the molecule is O=C1O[C@@](Cl)(CCCCl)[C@@H]2[C@H]1CCN2C(=O)OCc1ccccc1. The van der Waals surface area contributed by atoms with Crippen molar-refractivity contribution in [3.8, 4) is 0 Å².